The highest BCUT2D eigenvalue weighted by Crippen LogP contribution is 2.50. The van der Waals surface area contributed by atoms with Crippen molar-refractivity contribution in [3.8, 4) is 11.5 Å². The molecule has 9 heteroatoms. The van der Waals surface area contributed by atoms with Crippen molar-refractivity contribution in [2.24, 2.45) is 5.92 Å². The van der Waals surface area contributed by atoms with Gasteiger partial charge < -0.3 is 14.2 Å². The maximum Gasteiger partial charge on any atom is 0.296 e. The lowest BCUT2D eigenvalue weighted by molar-refractivity contribution is -0.131. The van der Waals surface area contributed by atoms with Gasteiger partial charge in [-0.2, -0.15) is 0 Å². The van der Waals surface area contributed by atoms with Crippen LogP contribution in [0, 0.1) is 11.7 Å². The molecule has 2 aromatic carbocycles. The second-order valence-electron chi connectivity index (χ2n) is 9.41. The summed E-state index contributed by atoms with van der Waals surface area (Å²) < 4.78 is 32.4. The number of ketones is 1. The summed E-state index contributed by atoms with van der Waals surface area (Å²) in [5.74, 6) is 0.160. The number of Topliss-reactive ketones (excluding diaryl/α,β-unsaturated/α-hetero) is 1. The van der Waals surface area contributed by atoms with E-state index in [9.17, 15) is 14.0 Å². The van der Waals surface area contributed by atoms with Crippen molar-refractivity contribution in [2.45, 2.75) is 51.7 Å². The molecule has 0 spiro atoms. The van der Waals surface area contributed by atoms with Crippen molar-refractivity contribution in [1.29, 1.82) is 0 Å². The monoisotopic (exact) mass is 522 g/mol. The number of ether oxygens (including phenoxy) is 3. The van der Waals surface area contributed by atoms with Gasteiger partial charge in [0.15, 0.2) is 28.2 Å². The summed E-state index contributed by atoms with van der Waals surface area (Å²) in [6, 6.07) is 9.07. The van der Waals surface area contributed by atoms with Crippen LogP contribution >= 0.6 is 11.3 Å². The summed E-state index contributed by atoms with van der Waals surface area (Å²) in [5.41, 5.74) is 1.65. The van der Waals surface area contributed by atoms with Gasteiger partial charge in [-0.1, -0.05) is 23.8 Å². The molecule has 1 aliphatic carbocycles. The van der Waals surface area contributed by atoms with Gasteiger partial charge in [-0.05, 0) is 69.0 Å². The van der Waals surface area contributed by atoms with Crippen LogP contribution < -0.4 is 14.4 Å². The molecule has 3 atom stereocenters. The molecule has 3 unspecified atom stereocenters. The van der Waals surface area contributed by atoms with E-state index >= 15 is 0 Å². The molecule has 1 aromatic heterocycles. The van der Waals surface area contributed by atoms with Crippen LogP contribution in [-0.2, 0) is 14.3 Å². The highest BCUT2D eigenvalue weighted by molar-refractivity contribution is 7.22. The van der Waals surface area contributed by atoms with E-state index in [1.165, 1.54) is 28.4 Å². The first-order valence-electron chi connectivity index (χ1n) is 12.7. The van der Waals surface area contributed by atoms with Crippen molar-refractivity contribution >= 4 is 38.4 Å². The number of rotatable bonds is 6. The van der Waals surface area contributed by atoms with Gasteiger partial charge >= 0.3 is 0 Å². The lowest BCUT2D eigenvalue weighted by atomic mass is 9.77. The Hall–Kier alpha value is -3.46. The Morgan fingerprint density at radius 3 is 2.65 bits per heavy atom. The highest BCUT2D eigenvalue weighted by atomic mass is 32.1. The third-order valence-electron chi connectivity index (χ3n) is 7.19. The van der Waals surface area contributed by atoms with Crippen molar-refractivity contribution in [1.82, 2.24) is 4.98 Å². The van der Waals surface area contributed by atoms with Crippen molar-refractivity contribution in [2.75, 3.05) is 18.1 Å². The number of carbonyl (C=O) groups excluding carboxylic acids is 2. The van der Waals surface area contributed by atoms with Crippen LogP contribution in [0.2, 0.25) is 0 Å². The zero-order chi connectivity index (χ0) is 25.7. The van der Waals surface area contributed by atoms with Crippen LogP contribution in [0.25, 0.3) is 10.2 Å². The molecule has 6 rings (SSSR count). The van der Waals surface area contributed by atoms with Crippen molar-refractivity contribution < 1.29 is 28.2 Å². The molecular weight excluding hydrogens is 495 g/mol. The molecular formula is C28H27FN2O5S. The summed E-state index contributed by atoms with van der Waals surface area (Å²) in [6.07, 6.45) is 3.15. The zero-order valence-corrected chi connectivity index (χ0v) is 21.5. The highest BCUT2D eigenvalue weighted by Gasteiger charge is 2.53. The molecule has 1 saturated carbocycles. The van der Waals surface area contributed by atoms with E-state index in [0.717, 1.165) is 25.7 Å². The first-order valence-corrected chi connectivity index (χ1v) is 13.6. The summed E-state index contributed by atoms with van der Waals surface area (Å²) >= 11 is 1.21. The number of hydrogen-bond acceptors (Lipinski definition) is 7. The molecule has 3 aromatic rings. The molecule has 37 heavy (non-hydrogen) atoms. The maximum atomic E-state index is 13.9. The van der Waals surface area contributed by atoms with Crippen LogP contribution in [-0.4, -0.2) is 36.0 Å². The number of thiazole rings is 1. The molecule has 0 N–H and O–H groups in total. The minimum Gasteiger partial charge on any atom is -0.490 e. The minimum atomic E-state index is -0.738. The Morgan fingerprint density at radius 2 is 1.84 bits per heavy atom. The molecule has 192 valence electrons. The average Bonchev–Trinajstić information content (AvgIpc) is 3.43. The van der Waals surface area contributed by atoms with E-state index in [4.69, 9.17) is 14.2 Å². The van der Waals surface area contributed by atoms with Gasteiger partial charge in [-0.3, -0.25) is 14.5 Å². The number of benzene rings is 2. The van der Waals surface area contributed by atoms with Crippen molar-refractivity contribution in [3.05, 3.63) is 59.1 Å². The van der Waals surface area contributed by atoms with Gasteiger partial charge in [0.25, 0.3) is 5.91 Å². The maximum absolute atomic E-state index is 13.9. The largest absolute Gasteiger partial charge is 0.490 e. The Kier molecular flexibility index (Phi) is 6.10. The standard InChI is InChI=1S/C28H27FN2O5S/c1-3-34-20-12-9-15(13-21(20)35-4-2)24-23-25(32)17-7-5-6-8-19(17)36-26(23)27(33)31(24)28-30-18-11-10-16(29)14-22(18)37-28/h9-14,17,19,24H,3-8H2,1-2H3. The van der Waals surface area contributed by atoms with Crippen LogP contribution in [0.5, 0.6) is 11.5 Å². The predicted octanol–water partition coefficient (Wildman–Crippen LogP) is 5.73. The van der Waals surface area contributed by atoms with E-state index < -0.39 is 11.9 Å². The lowest BCUT2D eigenvalue weighted by Gasteiger charge is -2.35. The smallest absolute Gasteiger partial charge is 0.296 e. The van der Waals surface area contributed by atoms with Crippen molar-refractivity contribution in [3.63, 3.8) is 0 Å². The second kappa shape index (κ2) is 9.45. The summed E-state index contributed by atoms with van der Waals surface area (Å²) in [6.45, 7) is 4.68. The molecule has 3 aliphatic rings. The summed E-state index contributed by atoms with van der Waals surface area (Å²) in [4.78, 5) is 34.0. The molecule has 1 amide bonds. The normalized spacial score (nSPS) is 23.2. The third-order valence-corrected chi connectivity index (χ3v) is 8.21. The average molecular weight is 523 g/mol. The molecule has 0 bridgehead atoms. The van der Waals surface area contributed by atoms with Crippen LogP contribution in [0.3, 0.4) is 0 Å². The fourth-order valence-corrected chi connectivity index (χ4v) is 6.60. The van der Waals surface area contributed by atoms with Gasteiger partial charge in [-0.25, -0.2) is 9.37 Å². The minimum absolute atomic E-state index is 0.0363. The van der Waals surface area contributed by atoms with E-state index in [1.807, 2.05) is 26.0 Å². The molecule has 0 radical (unpaired) electrons. The Balaban J connectivity index is 1.51. The number of aromatic nitrogens is 1. The van der Waals surface area contributed by atoms with Gasteiger partial charge in [-0.15, -0.1) is 0 Å². The zero-order valence-electron chi connectivity index (χ0n) is 20.7. The first-order chi connectivity index (χ1) is 18.0. The quantitative estimate of drug-likeness (QED) is 0.411. The van der Waals surface area contributed by atoms with E-state index in [1.54, 1.807) is 12.1 Å². The third kappa shape index (κ3) is 3.96. The van der Waals surface area contributed by atoms with Crippen LogP contribution in [0.4, 0.5) is 9.52 Å². The predicted molar refractivity (Wildman–Crippen MR) is 137 cm³/mol. The van der Waals surface area contributed by atoms with E-state index in [2.05, 4.69) is 4.98 Å². The summed E-state index contributed by atoms with van der Waals surface area (Å²) in [5, 5.41) is 0.385. The number of amides is 1. The van der Waals surface area contributed by atoms with E-state index in [0.29, 0.717) is 51.2 Å². The number of fused-ring (bicyclic) bond motifs is 2. The topological polar surface area (TPSA) is 78.0 Å². The molecule has 2 aliphatic heterocycles. The molecule has 7 nitrogen and oxygen atoms in total. The molecule has 3 heterocycles. The number of hydrogen-bond donors (Lipinski definition) is 0. The Labute approximate surface area is 217 Å². The second-order valence-corrected chi connectivity index (χ2v) is 10.4. The summed E-state index contributed by atoms with van der Waals surface area (Å²) in [7, 11) is 0. The number of halogens is 1. The number of anilines is 1. The lowest BCUT2D eigenvalue weighted by Crippen LogP contribution is -2.39. The van der Waals surface area contributed by atoms with E-state index in [-0.39, 0.29) is 29.4 Å². The SMILES string of the molecule is CCOc1ccc(C2C3=C(OC4CCCCC4C3=O)C(=O)N2c2nc3ccc(F)cc3s2)cc1OCC. The van der Waals surface area contributed by atoms with Crippen LogP contribution in [0.15, 0.2) is 47.7 Å². The Morgan fingerprint density at radius 1 is 1.05 bits per heavy atom. The molecule has 0 saturated heterocycles. The fraction of sp³-hybridized carbons (Fsp3) is 0.393. The van der Waals surface area contributed by atoms with Gasteiger partial charge in [0.1, 0.15) is 11.9 Å². The van der Waals surface area contributed by atoms with Gasteiger partial charge in [0.2, 0.25) is 0 Å². The number of carbonyl (C=O) groups is 2. The number of nitrogens with zero attached hydrogens (tertiary/aromatic N) is 2. The Bertz CT molecular complexity index is 1430. The molecule has 1 fully saturated rings. The fourth-order valence-electron chi connectivity index (χ4n) is 5.58. The van der Waals surface area contributed by atoms with Gasteiger partial charge in [0, 0.05) is 0 Å². The first kappa shape index (κ1) is 23.9. The van der Waals surface area contributed by atoms with Gasteiger partial charge in [0.05, 0.1) is 41.0 Å². The van der Waals surface area contributed by atoms with Crippen LogP contribution in [0.1, 0.15) is 51.1 Å².